The molecule has 0 aromatic heterocycles. The molecule has 0 aliphatic carbocycles. The lowest BCUT2D eigenvalue weighted by Crippen LogP contribution is -2.52. The third-order valence-electron chi connectivity index (χ3n) is 3.40. The van der Waals surface area contributed by atoms with Crippen molar-refractivity contribution < 1.29 is 18.8 Å². The minimum Gasteiger partial charge on any atom is -0.312 e. The summed E-state index contributed by atoms with van der Waals surface area (Å²) in [6.45, 7) is 3.70. The van der Waals surface area contributed by atoms with Crippen LogP contribution < -0.4 is 15.5 Å². The average Bonchev–Trinajstić information content (AvgIpc) is 2.81. The molecule has 1 fully saturated rings. The van der Waals surface area contributed by atoms with Crippen molar-refractivity contribution >= 4 is 23.5 Å². The van der Waals surface area contributed by atoms with E-state index in [1.165, 1.54) is 23.1 Å². The molecule has 20 heavy (non-hydrogen) atoms. The molecule has 3 rings (SSSR count). The van der Waals surface area contributed by atoms with Crippen molar-refractivity contribution in [2.45, 2.75) is 5.54 Å². The number of carbonyl (C=O) groups is 3. The normalized spacial score (nSPS) is 23.9. The Morgan fingerprint density at radius 2 is 2.10 bits per heavy atom. The monoisotopic (exact) mass is 275 g/mol. The molecule has 0 bridgehead atoms. The van der Waals surface area contributed by atoms with Gasteiger partial charge >= 0.3 is 6.03 Å². The van der Waals surface area contributed by atoms with Gasteiger partial charge in [-0.05, 0) is 18.2 Å². The van der Waals surface area contributed by atoms with Crippen molar-refractivity contribution in [3.05, 3.63) is 42.2 Å². The molecule has 1 atom stereocenters. The SMILES string of the molecule is C=CCN1C(=O)C2(NC(=O)NC2=O)c2cc(F)ccc21. The zero-order chi connectivity index (χ0) is 14.5. The molecule has 1 spiro atoms. The smallest absolute Gasteiger partial charge is 0.312 e. The van der Waals surface area contributed by atoms with Gasteiger partial charge in [0.2, 0.25) is 5.54 Å². The fourth-order valence-corrected chi connectivity index (χ4v) is 2.58. The summed E-state index contributed by atoms with van der Waals surface area (Å²) in [6, 6.07) is 2.90. The van der Waals surface area contributed by atoms with Gasteiger partial charge < -0.3 is 10.2 Å². The number of hydrogen-bond acceptors (Lipinski definition) is 3. The van der Waals surface area contributed by atoms with Crippen molar-refractivity contribution in [1.82, 2.24) is 10.6 Å². The number of nitrogens with one attached hydrogen (secondary N) is 2. The molecule has 1 aromatic rings. The Labute approximate surface area is 113 Å². The first kappa shape index (κ1) is 12.3. The highest BCUT2D eigenvalue weighted by molar-refractivity contribution is 6.27. The number of rotatable bonds is 2. The van der Waals surface area contributed by atoms with Crippen LogP contribution in [0.3, 0.4) is 0 Å². The second-order valence-corrected chi connectivity index (χ2v) is 4.52. The third-order valence-corrected chi connectivity index (χ3v) is 3.40. The number of nitrogens with zero attached hydrogens (tertiary/aromatic N) is 1. The van der Waals surface area contributed by atoms with Gasteiger partial charge in [-0.15, -0.1) is 6.58 Å². The highest BCUT2D eigenvalue weighted by Crippen LogP contribution is 2.42. The Hall–Kier alpha value is -2.70. The maximum Gasteiger partial charge on any atom is 0.323 e. The van der Waals surface area contributed by atoms with Crippen LogP contribution in [0, 0.1) is 5.82 Å². The molecule has 0 radical (unpaired) electrons. The molecule has 102 valence electrons. The number of fused-ring (bicyclic) bond motifs is 2. The first-order valence-corrected chi connectivity index (χ1v) is 5.87. The van der Waals surface area contributed by atoms with Crippen molar-refractivity contribution in [3.8, 4) is 0 Å². The van der Waals surface area contributed by atoms with E-state index in [1.807, 2.05) is 5.32 Å². The number of hydrogen-bond donors (Lipinski definition) is 2. The van der Waals surface area contributed by atoms with Crippen LogP contribution in [0.2, 0.25) is 0 Å². The predicted molar refractivity (Wildman–Crippen MR) is 67.3 cm³/mol. The fraction of sp³-hybridized carbons (Fsp3) is 0.154. The molecule has 2 aliphatic heterocycles. The van der Waals surface area contributed by atoms with Crippen molar-refractivity contribution in [3.63, 3.8) is 0 Å². The summed E-state index contributed by atoms with van der Waals surface area (Å²) in [5.41, 5.74) is -1.36. The maximum atomic E-state index is 13.5. The largest absolute Gasteiger partial charge is 0.323 e. The minimum absolute atomic E-state index is 0.132. The number of carbonyl (C=O) groups excluding carboxylic acids is 3. The van der Waals surface area contributed by atoms with Crippen molar-refractivity contribution in [1.29, 1.82) is 0 Å². The van der Waals surface area contributed by atoms with Crippen LogP contribution in [-0.4, -0.2) is 24.4 Å². The van der Waals surface area contributed by atoms with E-state index >= 15 is 0 Å². The first-order chi connectivity index (χ1) is 9.50. The summed E-state index contributed by atoms with van der Waals surface area (Å²) in [5, 5.41) is 4.33. The lowest BCUT2D eigenvalue weighted by atomic mass is 9.91. The first-order valence-electron chi connectivity index (χ1n) is 5.87. The number of anilines is 1. The summed E-state index contributed by atoms with van der Waals surface area (Å²) in [5.74, 6) is -2.02. The number of halogens is 1. The van der Waals surface area contributed by atoms with Gasteiger partial charge in [-0.2, -0.15) is 0 Å². The zero-order valence-corrected chi connectivity index (χ0v) is 10.3. The third kappa shape index (κ3) is 1.34. The van der Waals surface area contributed by atoms with E-state index in [-0.39, 0.29) is 12.1 Å². The van der Waals surface area contributed by atoms with Crippen LogP contribution >= 0.6 is 0 Å². The van der Waals surface area contributed by atoms with Crippen LogP contribution in [0.15, 0.2) is 30.9 Å². The fourth-order valence-electron chi connectivity index (χ4n) is 2.58. The van der Waals surface area contributed by atoms with Crippen LogP contribution in [-0.2, 0) is 15.1 Å². The summed E-state index contributed by atoms with van der Waals surface area (Å²) in [7, 11) is 0. The predicted octanol–water partition coefficient (Wildman–Crippen LogP) is 0.393. The Balaban J connectivity index is 2.25. The van der Waals surface area contributed by atoms with Gasteiger partial charge in [0.05, 0.1) is 5.69 Å². The molecule has 1 aromatic carbocycles. The Bertz CT molecular complexity index is 673. The molecule has 2 N–H and O–H groups in total. The molecule has 4 amide bonds. The van der Waals surface area contributed by atoms with Gasteiger partial charge in [0.15, 0.2) is 0 Å². The summed E-state index contributed by atoms with van der Waals surface area (Å²) < 4.78 is 13.5. The van der Waals surface area contributed by atoms with Gasteiger partial charge in [-0.1, -0.05) is 6.08 Å². The number of amides is 4. The molecule has 2 heterocycles. The Morgan fingerprint density at radius 1 is 1.35 bits per heavy atom. The summed E-state index contributed by atoms with van der Waals surface area (Å²) in [4.78, 5) is 37.3. The second-order valence-electron chi connectivity index (χ2n) is 4.52. The van der Waals surface area contributed by atoms with Gasteiger partial charge in [-0.3, -0.25) is 14.9 Å². The molecular formula is C13H10FN3O3. The van der Waals surface area contributed by atoms with Crippen LogP contribution in [0.5, 0.6) is 0 Å². The molecule has 1 saturated heterocycles. The van der Waals surface area contributed by atoms with Crippen molar-refractivity contribution in [2.75, 3.05) is 11.4 Å². The molecular weight excluding hydrogens is 265 g/mol. The quantitative estimate of drug-likeness (QED) is 0.465. The van der Waals surface area contributed by atoms with Crippen LogP contribution in [0.1, 0.15) is 5.56 Å². The van der Waals surface area contributed by atoms with Gasteiger partial charge in [0.1, 0.15) is 5.82 Å². The topological polar surface area (TPSA) is 78.5 Å². The van der Waals surface area contributed by atoms with Crippen LogP contribution in [0.25, 0.3) is 0 Å². The van der Waals surface area contributed by atoms with Gasteiger partial charge in [0.25, 0.3) is 11.8 Å². The van der Waals surface area contributed by atoms with E-state index < -0.39 is 29.2 Å². The number of benzene rings is 1. The molecule has 2 aliphatic rings. The lowest BCUT2D eigenvalue weighted by molar-refractivity contribution is -0.133. The minimum atomic E-state index is -1.88. The van der Waals surface area contributed by atoms with E-state index in [9.17, 15) is 18.8 Å². The maximum absolute atomic E-state index is 13.5. The molecule has 0 saturated carbocycles. The number of urea groups is 1. The van der Waals surface area contributed by atoms with Gasteiger partial charge in [0, 0.05) is 12.1 Å². The Kier molecular flexibility index (Phi) is 2.40. The van der Waals surface area contributed by atoms with Crippen LogP contribution in [0.4, 0.5) is 14.9 Å². The second kappa shape index (κ2) is 3.89. The van der Waals surface area contributed by atoms with E-state index in [1.54, 1.807) is 0 Å². The lowest BCUT2D eigenvalue weighted by Gasteiger charge is -2.20. The van der Waals surface area contributed by atoms with E-state index in [0.29, 0.717) is 5.69 Å². The van der Waals surface area contributed by atoms with E-state index in [4.69, 9.17) is 0 Å². The van der Waals surface area contributed by atoms with E-state index in [0.717, 1.165) is 6.07 Å². The Morgan fingerprint density at radius 3 is 2.70 bits per heavy atom. The molecule has 6 nitrogen and oxygen atoms in total. The van der Waals surface area contributed by atoms with Crippen molar-refractivity contribution in [2.24, 2.45) is 0 Å². The summed E-state index contributed by atoms with van der Waals surface area (Å²) >= 11 is 0. The van der Waals surface area contributed by atoms with Gasteiger partial charge in [-0.25, -0.2) is 9.18 Å². The molecule has 7 heteroatoms. The zero-order valence-electron chi connectivity index (χ0n) is 10.3. The summed E-state index contributed by atoms with van der Waals surface area (Å²) in [6.07, 6.45) is 1.48. The average molecular weight is 275 g/mol. The van der Waals surface area contributed by atoms with E-state index in [2.05, 4.69) is 11.9 Å². The molecule has 1 unspecified atom stereocenters. The highest BCUT2D eigenvalue weighted by Gasteiger charge is 2.61. The number of imide groups is 1. The standard InChI is InChI=1S/C13H10FN3O3/c1-2-5-17-9-4-3-7(14)6-8(9)13(11(17)19)10(18)15-12(20)16-13/h2-4,6H,1,5H2,(H2,15,16,18,20). The highest BCUT2D eigenvalue weighted by atomic mass is 19.1.